The Labute approximate surface area is 133 Å². The molecule has 0 unspecified atom stereocenters. The van der Waals surface area contributed by atoms with Crippen LogP contribution in [0.25, 0.3) is 0 Å². The fraction of sp³-hybridized carbons (Fsp3) is 0.333. The minimum absolute atomic E-state index is 0.0611. The van der Waals surface area contributed by atoms with Crippen LogP contribution in [0.1, 0.15) is 0 Å². The van der Waals surface area contributed by atoms with E-state index in [4.69, 9.17) is 20.0 Å². The molecule has 0 radical (unpaired) electrons. The smallest absolute Gasteiger partial charge is 0.260 e. The number of nitrogens with one attached hydrogen (secondary N) is 1. The maximum Gasteiger partial charge on any atom is 0.260 e. The van der Waals surface area contributed by atoms with Crippen molar-refractivity contribution in [2.45, 2.75) is 0 Å². The highest BCUT2D eigenvalue weighted by atomic mass is 16.5. The minimum Gasteiger partial charge on any atom is -0.484 e. The molecule has 8 nitrogen and oxygen atoms in total. The molecule has 1 aliphatic heterocycles. The van der Waals surface area contributed by atoms with Gasteiger partial charge >= 0.3 is 0 Å². The maximum absolute atomic E-state index is 12.0. The number of anilines is 1. The van der Waals surface area contributed by atoms with E-state index in [0.29, 0.717) is 37.7 Å². The van der Waals surface area contributed by atoms with E-state index in [0.717, 1.165) is 0 Å². The van der Waals surface area contributed by atoms with E-state index in [2.05, 4.69) is 10.5 Å². The first-order valence-corrected chi connectivity index (χ1v) is 6.95. The van der Waals surface area contributed by atoms with Crippen LogP contribution in [0, 0.1) is 22.7 Å². The van der Waals surface area contributed by atoms with Crippen molar-refractivity contribution in [3.8, 4) is 17.9 Å². The van der Waals surface area contributed by atoms with Gasteiger partial charge in [-0.15, -0.1) is 0 Å². The zero-order valence-corrected chi connectivity index (χ0v) is 12.4. The van der Waals surface area contributed by atoms with Crippen LogP contribution in [-0.4, -0.2) is 49.4 Å². The van der Waals surface area contributed by atoms with Gasteiger partial charge in [0, 0.05) is 19.2 Å². The molecule has 0 aliphatic carbocycles. The Bertz CT molecular complexity index is 652. The molecule has 0 bridgehead atoms. The Morgan fingerprint density at radius 1 is 1.35 bits per heavy atom. The molecule has 0 aromatic heterocycles. The first-order valence-electron chi connectivity index (χ1n) is 6.95. The number of ether oxygens (including phenoxy) is 2. The number of morpholine rings is 1. The standard InChI is InChI=1S/C15H15N5O3/c16-9-13(10-17)19-18-12-2-1-3-14(8-12)23-11-15(21)20-4-6-22-7-5-20/h1-3,8,18H,4-7,11H2. The number of benzene rings is 1. The van der Waals surface area contributed by atoms with E-state index in [1.54, 1.807) is 41.3 Å². The van der Waals surface area contributed by atoms with Gasteiger partial charge in [0.05, 0.1) is 18.9 Å². The summed E-state index contributed by atoms with van der Waals surface area (Å²) < 4.78 is 10.7. The molecular weight excluding hydrogens is 298 g/mol. The number of hydrogen-bond donors (Lipinski definition) is 1. The molecule has 0 atom stereocenters. The quantitative estimate of drug-likeness (QED) is 0.634. The second-order valence-corrected chi connectivity index (χ2v) is 4.61. The molecule has 118 valence electrons. The van der Waals surface area contributed by atoms with Crippen LogP contribution in [0.5, 0.6) is 5.75 Å². The summed E-state index contributed by atoms with van der Waals surface area (Å²) in [5.74, 6) is 0.392. The molecule has 0 saturated carbocycles. The Balaban J connectivity index is 1.90. The van der Waals surface area contributed by atoms with Gasteiger partial charge in [-0.05, 0) is 12.1 Å². The van der Waals surface area contributed by atoms with Gasteiger partial charge in [0.1, 0.15) is 17.9 Å². The Kier molecular flexibility index (Phi) is 5.92. The van der Waals surface area contributed by atoms with E-state index >= 15 is 0 Å². The average molecular weight is 313 g/mol. The summed E-state index contributed by atoms with van der Waals surface area (Å²) in [5.41, 5.74) is 2.86. The summed E-state index contributed by atoms with van der Waals surface area (Å²) in [4.78, 5) is 13.7. The predicted molar refractivity (Wildman–Crippen MR) is 81.6 cm³/mol. The van der Waals surface area contributed by atoms with E-state index in [1.807, 2.05) is 0 Å². The number of carbonyl (C=O) groups is 1. The SMILES string of the molecule is N#CC(C#N)=NNc1cccc(OCC(=O)N2CCOCC2)c1. The second kappa shape index (κ2) is 8.37. The van der Waals surface area contributed by atoms with Crippen molar-refractivity contribution in [3.63, 3.8) is 0 Å². The number of hydrazone groups is 1. The van der Waals surface area contributed by atoms with Crippen LogP contribution in [0.15, 0.2) is 29.4 Å². The molecule has 1 aromatic carbocycles. The van der Waals surface area contributed by atoms with Crippen molar-refractivity contribution in [1.29, 1.82) is 10.5 Å². The molecule has 2 rings (SSSR count). The van der Waals surface area contributed by atoms with Gasteiger partial charge in [-0.25, -0.2) is 0 Å². The number of nitrogens with zero attached hydrogens (tertiary/aromatic N) is 4. The fourth-order valence-corrected chi connectivity index (χ4v) is 1.90. The molecule has 1 aromatic rings. The summed E-state index contributed by atoms with van der Waals surface area (Å²) in [6.45, 7) is 2.17. The summed E-state index contributed by atoms with van der Waals surface area (Å²) in [5, 5.41) is 20.9. The van der Waals surface area contributed by atoms with Gasteiger partial charge in [-0.3, -0.25) is 10.2 Å². The third-order valence-corrected chi connectivity index (χ3v) is 3.07. The van der Waals surface area contributed by atoms with Gasteiger partial charge in [0.2, 0.25) is 5.71 Å². The van der Waals surface area contributed by atoms with Gasteiger partial charge in [0.25, 0.3) is 5.91 Å². The number of carbonyl (C=O) groups excluding carboxylic acids is 1. The highest BCUT2D eigenvalue weighted by molar-refractivity contribution is 6.10. The molecule has 1 N–H and O–H groups in total. The largest absolute Gasteiger partial charge is 0.484 e. The van der Waals surface area contributed by atoms with Crippen LogP contribution in [0.3, 0.4) is 0 Å². The lowest BCUT2D eigenvalue weighted by Crippen LogP contribution is -2.42. The van der Waals surface area contributed by atoms with Crippen molar-refractivity contribution in [3.05, 3.63) is 24.3 Å². The van der Waals surface area contributed by atoms with E-state index in [1.165, 1.54) is 0 Å². The maximum atomic E-state index is 12.0. The molecule has 1 fully saturated rings. The predicted octanol–water partition coefficient (Wildman–Crippen LogP) is 0.739. The van der Waals surface area contributed by atoms with Crippen LogP contribution in [0.2, 0.25) is 0 Å². The Morgan fingerprint density at radius 2 is 2.09 bits per heavy atom. The molecule has 1 aliphatic rings. The second-order valence-electron chi connectivity index (χ2n) is 4.61. The number of amides is 1. The van der Waals surface area contributed by atoms with Crippen LogP contribution in [0.4, 0.5) is 5.69 Å². The van der Waals surface area contributed by atoms with Crippen molar-refractivity contribution >= 4 is 17.3 Å². The lowest BCUT2D eigenvalue weighted by Gasteiger charge is -2.26. The van der Waals surface area contributed by atoms with Crippen molar-refractivity contribution in [2.24, 2.45) is 5.10 Å². The first-order chi connectivity index (χ1) is 11.2. The topological polar surface area (TPSA) is 111 Å². The molecule has 1 saturated heterocycles. The highest BCUT2D eigenvalue weighted by Gasteiger charge is 2.17. The molecular formula is C15H15N5O3. The van der Waals surface area contributed by atoms with Crippen LogP contribution < -0.4 is 10.2 Å². The Morgan fingerprint density at radius 3 is 2.78 bits per heavy atom. The third kappa shape index (κ3) is 4.99. The monoisotopic (exact) mass is 313 g/mol. The third-order valence-electron chi connectivity index (χ3n) is 3.07. The van der Waals surface area contributed by atoms with Gasteiger partial charge in [-0.2, -0.15) is 15.6 Å². The molecule has 0 spiro atoms. The number of hydrogen-bond acceptors (Lipinski definition) is 7. The molecule has 23 heavy (non-hydrogen) atoms. The summed E-state index contributed by atoms with van der Waals surface area (Å²) >= 11 is 0. The van der Waals surface area contributed by atoms with Crippen LogP contribution >= 0.6 is 0 Å². The number of nitriles is 2. The van der Waals surface area contributed by atoms with Crippen LogP contribution in [-0.2, 0) is 9.53 Å². The lowest BCUT2D eigenvalue weighted by molar-refractivity contribution is -0.137. The Hall–Kier alpha value is -3.10. The molecule has 1 amide bonds. The summed E-state index contributed by atoms with van der Waals surface area (Å²) in [6.07, 6.45) is 0. The van der Waals surface area contributed by atoms with E-state index < -0.39 is 0 Å². The van der Waals surface area contributed by atoms with Crippen molar-refractivity contribution in [2.75, 3.05) is 38.3 Å². The summed E-state index contributed by atoms with van der Waals surface area (Å²) in [6, 6.07) is 10.0. The molecule has 1 heterocycles. The van der Waals surface area contributed by atoms with Crippen molar-refractivity contribution < 1.29 is 14.3 Å². The average Bonchev–Trinajstić information content (AvgIpc) is 2.61. The minimum atomic E-state index is -0.279. The van der Waals surface area contributed by atoms with E-state index in [-0.39, 0.29) is 18.2 Å². The lowest BCUT2D eigenvalue weighted by atomic mass is 10.3. The van der Waals surface area contributed by atoms with E-state index in [9.17, 15) is 4.79 Å². The van der Waals surface area contributed by atoms with Gasteiger partial charge in [-0.1, -0.05) is 6.07 Å². The summed E-state index contributed by atoms with van der Waals surface area (Å²) in [7, 11) is 0. The number of rotatable bonds is 5. The first kappa shape index (κ1) is 16.3. The zero-order chi connectivity index (χ0) is 16.5. The fourth-order valence-electron chi connectivity index (χ4n) is 1.90. The normalized spacial score (nSPS) is 13.4. The van der Waals surface area contributed by atoms with Gasteiger partial charge in [0.15, 0.2) is 6.61 Å². The zero-order valence-electron chi connectivity index (χ0n) is 12.4. The van der Waals surface area contributed by atoms with Crippen molar-refractivity contribution in [1.82, 2.24) is 4.90 Å². The molecule has 8 heteroatoms. The highest BCUT2D eigenvalue weighted by Crippen LogP contribution is 2.17. The van der Waals surface area contributed by atoms with Gasteiger partial charge < -0.3 is 14.4 Å².